The van der Waals surface area contributed by atoms with Gasteiger partial charge in [0.15, 0.2) is 10.8 Å². The summed E-state index contributed by atoms with van der Waals surface area (Å²) in [6.45, 7) is 4.12. The zero-order valence-electron chi connectivity index (χ0n) is 10.3. The highest BCUT2D eigenvalue weighted by Gasteiger charge is 2.14. The van der Waals surface area contributed by atoms with Gasteiger partial charge in [0, 0.05) is 12.6 Å². The monoisotopic (exact) mass is 270 g/mol. The second-order valence-corrected chi connectivity index (χ2v) is 4.61. The van der Waals surface area contributed by atoms with Crippen molar-refractivity contribution in [2.24, 2.45) is 7.05 Å². The highest BCUT2D eigenvalue weighted by molar-refractivity contribution is 6.30. The minimum absolute atomic E-state index is 0.350. The third kappa shape index (κ3) is 2.00. The fraction of sp³-hybridized carbons (Fsp3) is 0.0714. The van der Waals surface area contributed by atoms with Gasteiger partial charge in [-0.2, -0.15) is 5.10 Å². The first-order chi connectivity index (χ1) is 9.16. The predicted octanol–water partition coefficient (Wildman–Crippen LogP) is 3.08. The van der Waals surface area contributed by atoms with Crippen molar-refractivity contribution in [2.45, 2.75) is 0 Å². The van der Waals surface area contributed by atoms with Gasteiger partial charge in [-0.3, -0.25) is 0 Å². The van der Waals surface area contributed by atoms with Gasteiger partial charge < -0.3 is 0 Å². The molecule has 19 heavy (non-hydrogen) atoms. The van der Waals surface area contributed by atoms with Gasteiger partial charge in [-0.25, -0.2) is 4.68 Å². The summed E-state index contributed by atoms with van der Waals surface area (Å²) in [6, 6.07) is 11.7. The number of hydrogen-bond donors (Lipinski definition) is 0. The number of rotatable bonds is 2. The van der Waals surface area contributed by atoms with E-state index in [1.165, 1.54) is 0 Å². The maximum absolute atomic E-state index is 5.91. The van der Waals surface area contributed by atoms with Gasteiger partial charge in [0.05, 0.1) is 5.39 Å². The Labute approximate surface area is 115 Å². The van der Waals surface area contributed by atoms with E-state index < -0.39 is 0 Å². The van der Waals surface area contributed by atoms with E-state index in [0.717, 1.165) is 22.2 Å². The standard InChI is InChI=1S/C14H11ClN4/c1-9(10-6-4-3-5-7-10)13-11-8-12(15)16-17-14(11)19(2)18-13/h3-8H,1H2,2H3. The van der Waals surface area contributed by atoms with E-state index in [0.29, 0.717) is 10.8 Å². The van der Waals surface area contributed by atoms with Crippen LogP contribution in [0.15, 0.2) is 43.0 Å². The van der Waals surface area contributed by atoms with E-state index in [1.807, 2.05) is 37.4 Å². The number of benzene rings is 1. The third-order valence-corrected chi connectivity index (χ3v) is 3.15. The molecule has 0 spiro atoms. The molecule has 0 saturated heterocycles. The smallest absolute Gasteiger partial charge is 0.180 e. The Balaban J connectivity index is 2.21. The average molecular weight is 271 g/mol. The molecule has 0 amide bonds. The van der Waals surface area contributed by atoms with E-state index in [4.69, 9.17) is 11.6 Å². The van der Waals surface area contributed by atoms with Crippen LogP contribution >= 0.6 is 11.6 Å². The topological polar surface area (TPSA) is 43.6 Å². The molecule has 3 rings (SSSR count). The summed E-state index contributed by atoms with van der Waals surface area (Å²) in [7, 11) is 1.83. The molecule has 0 N–H and O–H groups in total. The van der Waals surface area contributed by atoms with Crippen molar-refractivity contribution >= 4 is 28.2 Å². The molecule has 0 radical (unpaired) electrons. The molecular weight excluding hydrogens is 260 g/mol. The lowest BCUT2D eigenvalue weighted by Gasteiger charge is -2.02. The Morgan fingerprint density at radius 1 is 1.21 bits per heavy atom. The molecule has 0 saturated carbocycles. The van der Waals surface area contributed by atoms with Gasteiger partial charge in [0.25, 0.3) is 0 Å². The second kappa shape index (κ2) is 4.48. The van der Waals surface area contributed by atoms with E-state index in [-0.39, 0.29) is 0 Å². The summed E-state index contributed by atoms with van der Waals surface area (Å²) >= 11 is 5.91. The average Bonchev–Trinajstić information content (AvgIpc) is 2.75. The molecule has 2 aromatic heterocycles. The van der Waals surface area contributed by atoms with Gasteiger partial charge in [0.2, 0.25) is 0 Å². The highest BCUT2D eigenvalue weighted by atomic mass is 35.5. The van der Waals surface area contributed by atoms with Crippen molar-refractivity contribution in [1.29, 1.82) is 0 Å². The van der Waals surface area contributed by atoms with Gasteiger partial charge in [0.1, 0.15) is 5.69 Å². The zero-order valence-corrected chi connectivity index (χ0v) is 11.1. The second-order valence-electron chi connectivity index (χ2n) is 4.22. The Bertz CT molecular complexity index is 762. The lowest BCUT2D eigenvalue weighted by Crippen LogP contribution is -1.93. The lowest BCUT2D eigenvalue weighted by atomic mass is 10.0. The molecule has 0 aliphatic heterocycles. The molecule has 0 aliphatic rings. The molecule has 0 unspecified atom stereocenters. The van der Waals surface area contributed by atoms with Crippen molar-refractivity contribution in [1.82, 2.24) is 20.0 Å². The summed E-state index contributed by atoms with van der Waals surface area (Å²) in [6.07, 6.45) is 0. The van der Waals surface area contributed by atoms with Crippen LogP contribution in [-0.2, 0) is 7.05 Å². The first-order valence-electron chi connectivity index (χ1n) is 5.77. The van der Waals surface area contributed by atoms with Crippen LogP contribution in [0.2, 0.25) is 5.15 Å². The van der Waals surface area contributed by atoms with Crippen LogP contribution in [0, 0.1) is 0 Å². The van der Waals surface area contributed by atoms with Gasteiger partial charge in [-0.15, -0.1) is 10.2 Å². The van der Waals surface area contributed by atoms with Crippen molar-refractivity contribution in [3.63, 3.8) is 0 Å². The molecule has 0 bridgehead atoms. The lowest BCUT2D eigenvalue weighted by molar-refractivity contribution is 0.773. The fourth-order valence-electron chi connectivity index (χ4n) is 2.03. The van der Waals surface area contributed by atoms with E-state index >= 15 is 0 Å². The van der Waals surface area contributed by atoms with Crippen LogP contribution in [0.3, 0.4) is 0 Å². The molecule has 1 aromatic carbocycles. The number of nitrogens with zero attached hydrogens (tertiary/aromatic N) is 4. The first kappa shape index (κ1) is 11.9. The summed E-state index contributed by atoms with van der Waals surface area (Å²) in [5.41, 5.74) is 3.34. The van der Waals surface area contributed by atoms with Crippen LogP contribution in [0.4, 0.5) is 0 Å². The van der Waals surface area contributed by atoms with Crippen LogP contribution in [0.1, 0.15) is 11.3 Å². The third-order valence-electron chi connectivity index (χ3n) is 2.96. The van der Waals surface area contributed by atoms with E-state index in [2.05, 4.69) is 21.9 Å². The molecule has 0 atom stereocenters. The van der Waals surface area contributed by atoms with E-state index in [9.17, 15) is 0 Å². The van der Waals surface area contributed by atoms with Crippen molar-refractivity contribution in [3.05, 3.63) is 59.4 Å². The van der Waals surface area contributed by atoms with Crippen LogP contribution < -0.4 is 0 Å². The number of hydrogen-bond acceptors (Lipinski definition) is 3. The van der Waals surface area contributed by atoms with Crippen LogP contribution in [-0.4, -0.2) is 20.0 Å². The van der Waals surface area contributed by atoms with Gasteiger partial charge in [-0.1, -0.05) is 48.5 Å². The summed E-state index contributed by atoms with van der Waals surface area (Å²) in [4.78, 5) is 0. The van der Waals surface area contributed by atoms with Crippen molar-refractivity contribution < 1.29 is 0 Å². The summed E-state index contributed by atoms with van der Waals surface area (Å²) in [5.74, 6) is 0. The molecular formula is C14H11ClN4. The normalized spacial score (nSPS) is 10.8. The fourth-order valence-corrected chi connectivity index (χ4v) is 2.17. The molecule has 94 valence electrons. The number of aromatic nitrogens is 4. The van der Waals surface area contributed by atoms with Gasteiger partial charge in [-0.05, 0) is 11.6 Å². The maximum Gasteiger partial charge on any atom is 0.180 e. The maximum atomic E-state index is 5.91. The molecule has 0 fully saturated rings. The van der Waals surface area contributed by atoms with Crippen molar-refractivity contribution in [3.8, 4) is 0 Å². The highest BCUT2D eigenvalue weighted by Crippen LogP contribution is 2.27. The largest absolute Gasteiger partial charge is 0.248 e. The molecule has 3 aromatic rings. The minimum Gasteiger partial charge on any atom is -0.248 e. The Morgan fingerprint density at radius 3 is 2.68 bits per heavy atom. The van der Waals surface area contributed by atoms with Crippen LogP contribution in [0.25, 0.3) is 16.6 Å². The summed E-state index contributed by atoms with van der Waals surface area (Å²) < 4.78 is 1.68. The number of fused-ring (bicyclic) bond motifs is 1. The zero-order chi connectivity index (χ0) is 13.4. The Hall–Kier alpha value is -2.20. The van der Waals surface area contributed by atoms with Gasteiger partial charge >= 0.3 is 0 Å². The minimum atomic E-state index is 0.350. The molecule has 5 heteroatoms. The first-order valence-corrected chi connectivity index (χ1v) is 6.15. The number of halogens is 1. The Morgan fingerprint density at radius 2 is 1.95 bits per heavy atom. The molecule has 4 nitrogen and oxygen atoms in total. The quantitative estimate of drug-likeness (QED) is 0.719. The summed E-state index contributed by atoms with van der Waals surface area (Å²) in [5, 5.41) is 13.6. The predicted molar refractivity (Wildman–Crippen MR) is 75.9 cm³/mol. The Kier molecular flexibility index (Phi) is 2.80. The number of aryl methyl sites for hydroxylation is 1. The van der Waals surface area contributed by atoms with E-state index in [1.54, 1.807) is 10.7 Å². The van der Waals surface area contributed by atoms with Crippen molar-refractivity contribution in [2.75, 3.05) is 0 Å². The molecule has 2 heterocycles. The van der Waals surface area contributed by atoms with Crippen LogP contribution in [0.5, 0.6) is 0 Å². The SMILES string of the molecule is C=C(c1ccccc1)c1nn(C)c2nnc(Cl)cc12. The molecule has 0 aliphatic carbocycles.